The number of para-hydroxylation sites is 1. The molecule has 1 N–H and O–H groups in total. The molecule has 1 aromatic heterocycles. The number of unbranched alkanes of at least 4 members (excludes halogenated alkanes) is 1. The van der Waals surface area contributed by atoms with E-state index >= 15 is 0 Å². The summed E-state index contributed by atoms with van der Waals surface area (Å²) in [6, 6.07) is 16.5. The van der Waals surface area contributed by atoms with Crippen LogP contribution >= 0.6 is 35.8 Å². The van der Waals surface area contributed by atoms with Crippen molar-refractivity contribution in [3.63, 3.8) is 0 Å². The average Bonchev–Trinajstić information content (AvgIpc) is 3.30. The summed E-state index contributed by atoms with van der Waals surface area (Å²) in [4.78, 5) is 17.0. The van der Waals surface area contributed by atoms with Crippen LogP contribution in [0.25, 0.3) is 10.9 Å². The summed E-state index contributed by atoms with van der Waals surface area (Å²) in [5.74, 6) is 0.621. The summed E-state index contributed by atoms with van der Waals surface area (Å²) < 4.78 is 2.28. The van der Waals surface area contributed by atoms with Crippen molar-refractivity contribution in [2.45, 2.75) is 75.5 Å². The van der Waals surface area contributed by atoms with Gasteiger partial charge in [0.05, 0.1) is 5.56 Å². The van der Waals surface area contributed by atoms with Crippen LogP contribution in [0, 0.1) is 5.92 Å². The quantitative estimate of drug-likeness (QED) is 0.222. The maximum atomic E-state index is 13.1. The maximum absolute atomic E-state index is 13.1. The largest absolute Gasteiger partial charge is 0.352 e. The molecule has 1 amide bonds. The van der Waals surface area contributed by atoms with E-state index in [1.807, 2.05) is 30.0 Å². The Morgan fingerprint density at radius 3 is 2.50 bits per heavy atom. The van der Waals surface area contributed by atoms with Gasteiger partial charge in [0, 0.05) is 45.4 Å². The van der Waals surface area contributed by atoms with Crippen LogP contribution in [0.1, 0.15) is 69.2 Å². The van der Waals surface area contributed by atoms with Crippen LogP contribution in [0.4, 0.5) is 0 Å². The first-order chi connectivity index (χ1) is 18.1. The Bertz CT molecular complexity index is 1130. The Morgan fingerprint density at radius 2 is 1.79 bits per heavy atom. The number of benzene rings is 2. The molecule has 2 heterocycles. The lowest BCUT2D eigenvalue weighted by molar-refractivity contribution is 0.0947. The Labute approximate surface area is 244 Å². The molecule has 0 saturated carbocycles. The van der Waals surface area contributed by atoms with Gasteiger partial charge in [0.2, 0.25) is 0 Å². The number of amides is 1. The minimum atomic E-state index is 0. The molecule has 1 fully saturated rings. The van der Waals surface area contributed by atoms with Gasteiger partial charge in [-0.25, -0.2) is 0 Å². The van der Waals surface area contributed by atoms with E-state index in [4.69, 9.17) is 11.6 Å². The highest BCUT2D eigenvalue weighted by Gasteiger charge is 2.20. The van der Waals surface area contributed by atoms with Crippen molar-refractivity contribution < 1.29 is 4.79 Å². The van der Waals surface area contributed by atoms with Gasteiger partial charge in [0.1, 0.15) is 0 Å². The van der Waals surface area contributed by atoms with E-state index in [1.165, 1.54) is 37.0 Å². The number of carbonyl (C=O) groups is 1. The summed E-state index contributed by atoms with van der Waals surface area (Å²) in [5, 5.41) is 5.77. The molecule has 38 heavy (non-hydrogen) atoms. The molecule has 208 valence electrons. The summed E-state index contributed by atoms with van der Waals surface area (Å²) in [5.41, 5.74) is 1.96. The van der Waals surface area contributed by atoms with E-state index in [1.54, 1.807) is 0 Å². The fourth-order valence-corrected chi connectivity index (χ4v) is 6.56. The topological polar surface area (TPSA) is 37.3 Å². The van der Waals surface area contributed by atoms with Gasteiger partial charge >= 0.3 is 0 Å². The van der Waals surface area contributed by atoms with Gasteiger partial charge in [-0.15, -0.1) is 24.2 Å². The molecule has 1 atom stereocenters. The number of nitrogens with one attached hydrogen (secondary N) is 1. The van der Waals surface area contributed by atoms with Crippen LogP contribution in [0.3, 0.4) is 0 Å². The number of halogens is 2. The SMILES string of the molecule is CCCCC(CC)CNC(=O)c1cn(CCCN2CCC(Sc3ccc(Cl)cc3)CC2)c2ccccc12.Cl. The number of likely N-dealkylation sites (tertiary alicyclic amines) is 1. The van der Waals surface area contributed by atoms with Crippen LogP contribution in [0.15, 0.2) is 59.6 Å². The average molecular weight is 577 g/mol. The van der Waals surface area contributed by atoms with E-state index in [-0.39, 0.29) is 18.3 Å². The van der Waals surface area contributed by atoms with Crippen LogP contribution < -0.4 is 5.32 Å². The van der Waals surface area contributed by atoms with Crippen LogP contribution in [0.2, 0.25) is 5.02 Å². The molecular weight excluding hydrogens is 533 g/mol. The molecule has 4 rings (SSSR count). The Morgan fingerprint density at radius 1 is 1.05 bits per heavy atom. The maximum Gasteiger partial charge on any atom is 0.253 e. The number of hydrogen-bond donors (Lipinski definition) is 1. The normalized spacial score (nSPS) is 15.3. The molecular formula is C31H43Cl2N3OS. The summed E-state index contributed by atoms with van der Waals surface area (Å²) >= 11 is 8.01. The van der Waals surface area contributed by atoms with Crippen LogP contribution in [-0.4, -0.2) is 46.8 Å². The number of carbonyl (C=O) groups excluding carboxylic acids is 1. The zero-order valence-electron chi connectivity index (χ0n) is 22.8. The number of nitrogens with zero attached hydrogens (tertiary/aromatic N) is 2. The molecule has 1 saturated heterocycles. The second kappa shape index (κ2) is 15.8. The molecule has 1 aliphatic heterocycles. The molecule has 0 radical (unpaired) electrons. The fraction of sp³-hybridized carbons (Fsp3) is 0.516. The zero-order valence-corrected chi connectivity index (χ0v) is 25.2. The highest BCUT2D eigenvalue weighted by atomic mass is 35.5. The van der Waals surface area contributed by atoms with E-state index in [2.05, 4.69) is 65.2 Å². The third-order valence-electron chi connectivity index (χ3n) is 7.65. The number of hydrogen-bond acceptors (Lipinski definition) is 3. The molecule has 2 aromatic carbocycles. The molecule has 3 aromatic rings. The van der Waals surface area contributed by atoms with Gasteiger partial charge in [-0.1, -0.05) is 62.9 Å². The molecule has 1 unspecified atom stereocenters. The molecule has 7 heteroatoms. The van der Waals surface area contributed by atoms with E-state index in [0.29, 0.717) is 11.2 Å². The molecule has 1 aliphatic rings. The zero-order chi connectivity index (χ0) is 26.0. The van der Waals surface area contributed by atoms with Crippen molar-refractivity contribution in [3.8, 4) is 0 Å². The van der Waals surface area contributed by atoms with Gasteiger partial charge in [-0.05, 0) is 81.6 Å². The summed E-state index contributed by atoms with van der Waals surface area (Å²) in [7, 11) is 0. The first-order valence-corrected chi connectivity index (χ1v) is 15.3. The Hall–Kier alpha value is -1.66. The van der Waals surface area contributed by atoms with Crippen LogP contribution in [0.5, 0.6) is 0 Å². The van der Waals surface area contributed by atoms with Crippen molar-refractivity contribution in [1.82, 2.24) is 14.8 Å². The first kappa shape index (κ1) is 30.9. The van der Waals surface area contributed by atoms with E-state index in [9.17, 15) is 4.79 Å². The number of aromatic nitrogens is 1. The van der Waals surface area contributed by atoms with Gasteiger partial charge in [0.25, 0.3) is 5.91 Å². The lowest BCUT2D eigenvalue weighted by Crippen LogP contribution is -2.35. The third-order valence-corrected chi connectivity index (χ3v) is 9.25. The minimum absolute atomic E-state index is 0. The third kappa shape index (κ3) is 8.67. The van der Waals surface area contributed by atoms with E-state index in [0.717, 1.165) is 67.1 Å². The highest BCUT2D eigenvalue weighted by Crippen LogP contribution is 2.31. The van der Waals surface area contributed by atoms with Gasteiger partial charge in [0.15, 0.2) is 0 Å². The lowest BCUT2D eigenvalue weighted by Gasteiger charge is -2.31. The molecule has 0 spiro atoms. The van der Waals surface area contributed by atoms with Crippen LogP contribution in [-0.2, 0) is 6.54 Å². The monoisotopic (exact) mass is 575 g/mol. The van der Waals surface area contributed by atoms with Crippen molar-refractivity contribution in [2.24, 2.45) is 5.92 Å². The molecule has 4 nitrogen and oxygen atoms in total. The fourth-order valence-electron chi connectivity index (χ4n) is 5.31. The standard InChI is InChI=1S/C31H42ClN3OS.ClH/c1-3-5-9-24(4-2)22-33-31(36)29-23-35(30-11-7-6-10-28(29)30)19-8-18-34-20-16-27(17-21-34)37-26-14-12-25(32)13-15-26;/h6-7,10-15,23-24,27H,3-5,8-9,16-22H2,1-2H3,(H,33,36);1H. The van der Waals surface area contributed by atoms with Gasteiger partial charge in [-0.2, -0.15) is 0 Å². The van der Waals surface area contributed by atoms with Crippen molar-refractivity contribution in [3.05, 3.63) is 65.3 Å². The Balaban J connectivity index is 0.00000400. The second-order valence-corrected chi connectivity index (χ2v) is 12.2. The predicted molar refractivity (Wildman–Crippen MR) is 166 cm³/mol. The van der Waals surface area contributed by atoms with Crippen molar-refractivity contribution in [2.75, 3.05) is 26.2 Å². The van der Waals surface area contributed by atoms with Crippen molar-refractivity contribution in [1.29, 1.82) is 0 Å². The lowest BCUT2D eigenvalue weighted by atomic mass is 9.99. The van der Waals surface area contributed by atoms with Crippen molar-refractivity contribution >= 4 is 52.6 Å². The summed E-state index contributed by atoms with van der Waals surface area (Å²) in [6.07, 6.45) is 10.3. The second-order valence-electron chi connectivity index (χ2n) is 10.3. The van der Waals surface area contributed by atoms with Gasteiger partial charge in [-0.3, -0.25) is 4.79 Å². The number of fused-ring (bicyclic) bond motifs is 1. The summed E-state index contributed by atoms with van der Waals surface area (Å²) in [6.45, 7) is 9.55. The number of piperidine rings is 1. The number of aryl methyl sites for hydroxylation is 1. The molecule has 0 aliphatic carbocycles. The Kier molecular flexibility index (Phi) is 12.8. The minimum Gasteiger partial charge on any atom is -0.352 e. The highest BCUT2D eigenvalue weighted by molar-refractivity contribution is 8.00. The predicted octanol–water partition coefficient (Wildman–Crippen LogP) is 8.31. The molecule has 0 bridgehead atoms. The first-order valence-electron chi connectivity index (χ1n) is 14.1. The number of thioether (sulfide) groups is 1. The van der Waals surface area contributed by atoms with E-state index < -0.39 is 0 Å². The number of rotatable bonds is 13. The van der Waals surface area contributed by atoms with Gasteiger partial charge < -0.3 is 14.8 Å². The smallest absolute Gasteiger partial charge is 0.253 e.